The minimum atomic E-state index is -0.664. The van der Waals surface area contributed by atoms with Crippen LogP contribution in [0.4, 0.5) is 0 Å². The molecule has 0 spiro atoms. The zero-order valence-corrected chi connectivity index (χ0v) is 16.7. The summed E-state index contributed by atoms with van der Waals surface area (Å²) < 4.78 is 16.6. The molecule has 1 atom stereocenters. The monoisotopic (exact) mass is 396 g/mol. The predicted molar refractivity (Wildman–Crippen MR) is 119 cm³/mol. The van der Waals surface area contributed by atoms with Gasteiger partial charge in [0.25, 0.3) is 0 Å². The van der Waals surface area contributed by atoms with E-state index in [0.717, 1.165) is 43.8 Å². The Morgan fingerprint density at radius 3 is 2.33 bits per heavy atom. The van der Waals surface area contributed by atoms with Crippen molar-refractivity contribution in [3.63, 3.8) is 0 Å². The molecule has 0 saturated heterocycles. The van der Waals surface area contributed by atoms with Crippen LogP contribution in [0.1, 0.15) is 6.92 Å². The number of rotatable bonds is 4. The highest BCUT2D eigenvalue weighted by Crippen LogP contribution is 2.41. The highest BCUT2D eigenvalue weighted by Gasteiger charge is 2.17. The zero-order chi connectivity index (χ0) is 20.7. The molecule has 0 aliphatic heterocycles. The second-order valence-electron chi connectivity index (χ2n) is 7.25. The number of benzene rings is 4. The lowest BCUT2D eigenvalue weighted by molar-refractivity contribution is -0.147. The van der Waals surface area contributed by atoms with Crippen molar-refractivity contribution in [2.75, 3.05) is 7.11 Å². The van der Waals surface area contributed by atoms with Crippen molar-refractivity contribution in [1.29, 1.82) is 0 Å². The molecule has 1 unspecified atom stereocenters. The van der Waals surface area contributed by atoms with E-state index in [4.69, 9.17) is 13.9 Å². The van der Waals surface area contributed by atoms with Gasteiger partial charge < -0.3 is 13.9 Å². The number of fused-ring (bicyclic) bond motifs is 4. The molecule has 0 fully saturated rings. The van der Waals surface area contributed by atoms with E-state index in [1.54, 1.807) is 6.92 Å². The van der Waals surface area contributed by atoms with Crippen LogP contribution in [0.5, 0.6) is 5.75 Å². The number of furan rings is 1. The number of methoxy groups -OCH3 is 1. The molecule has 4 aromatic carbocycles. The fourth-order valence-electron chi connectivity index (χ4n) is 3.97. The Kier molecular flexibility index (Phi) is 4.40. The smallest absolute Gasteiger partial charge is 0.346 e. The summed E-state index contributed by atoms with van der Waals surface area (Å²) in [5.41, 5.74) is 3.92. The Labute approximate surface area is 173 Å². The van der Waals surface area contributed by atoms with Crippen LogP contribution in [0.15, 0.2) is 83.3 Å². The summed E-state index contributed by atoms with van der Waals surface area (Å²) in [6.07, 6.45) is -0.664. The number of carbonyl (C=O) groups excluding carboxylic acids is 1. The summed E-state index contributed by atoms with van der Waals surface area (Å²) in [6.45, 7) is 1.67. The van der Waals surface area contributed by atoms with Gasteiger partial charge in [0.2, 0.25) is 0 Å². The number of carbonyl (C=O) groups is 1. The first-order valence-electron chi connectivity index (χ1n) is 9.83. The van der Waals surface area contributed by atoms with Crippen LogP contribution in [0, 0.1) is 0 Å². The van der Waals surface area contributed by atoms with E-state index >= 15 is 0 Å². The van der Waals surface area contributed by atoms with Crippen LogP contribution in [0.3, 0.4) is 0 Å². The molecular formula is C26H20O4. The lowest BCUT2D eigenvalue weighted by Crippen LogP contribution is -2.24. The summed E-state index contributed by atoms with van der Waals surface area (Å²) in [4.78, 5) is 11.6. The van der Waals surface area contributed by atoms with Gasteiger partial charge in [-0.3, -0.25) is 0 Å². The van der Waals surface area contributed by atoms with E-state index < -0.39 is 12.1 Å². The Morgan fingerprint density at radius 2 is 1.57 bits per heavy atom. The van der Waals surface area contributed by atoms with E-state index in [1.807, 2.05) is 48.5 Å². The predicted octanol–water partition coefficient (Wildman–Crippen LogP) is 6.35. The first-order chi connectivity index (χ1) is 14.7. The molecule has 0 saturated carbocycles. The molecule has 1 heterocycles. The summed E-state index contributed by atoms with van der Waals surface area (Å²) in [7, 11) is 1.35. The van der Waals surface area contributed by atoms with Gasteiger partial charge in [-0.2, -0.15) is 0 Å². The molecule has 5 rings (SSSR count). The molecule has 148 valence electrons. The molecule has 5 aromatic rings. The van der Waals surface area contributed by atoms with Crippen LogP contribution in [-0.2, 0) is 9.53 Å². The molecule has 0 amide bonds. The molecule has 0 aliphatic rings. The van der Waals surface area contributed by atoms with Crippen molar-refractivity contribution in [2.24, 2.45) is 0 Å². The Bertz CT molecular complexity index is 1380. The average Bonchev–Trinajstić information content (AvgIpc) is 3.15. The minimum Gasteiger partial charge on any atom is -0.479 e. The Morgan fingerprint density at radius 1 is 0.867 bits per heavy atom. The molecule has 0 aliphatic carbocycles. The molecule has 0 N–H and O–H groups in total. The molecule has 1 aromatic heterocycles. The van der Waals surface area contributed by atoms with Gasteiger partial charge in [-0.25, -0.2) is 4.79 Å². The molecule has 0 bridgehead atoms. The quantitative estimate of drug-likeness (QED) is 0.332. The lowest BCUT2D eigenvalue weighted by Gasteiger charge is -2.14. The van der Waals surface area contributed by atoms with Crippen molar-refractivity contribution >= 4 is 38.7 Å². The van der Waals surface area contributed by atoms with E-state index in [1.165, 1.54) is 7.11 Å². The van der Waals surface area contributed by atoms with Gasteiger partial charge in [-0.1, -0.05) is 54.6 Å². The van der Waals surface area contributed by atoms with Crippen LogP contribution in [0.25, 0.3) is 43.8 Å². The van der Waals surface area contributed by atoms with E-state index in [2.05, 4.69) is 30.3 Å². The molecular weight excluding hydrogens is 376 g/mol. The van der Waals surface area contributed by atoms with Crippen molar-refractivity contribution in [1.82, 2.24) is 0 Å². The fraction of sp³-hybridized carbons (Fsp3) is 0.115. The van der Waals surface area contributed by atoms with Gasteiger partial charge in [0, 0.05) is 16.3 Å². The minimum absolute atomic E-state index is 0.403. The Balaban J connectivity index is 1.70. The number of ether oxygens (including phenoxy) is 2. The number of para-hydroxylation sites is 1. The second-order valence-corrected chi connectivity index (χ2v) is 7.25. The third-order valence-corrected chi connectivity index (χ3v) is 5.38. The third-order valence-electron chi connectivity index (χ3n) is 5.38. The van der Waals surface area contributed by atoms with Crippen molar-refractivity contribution < 1.29 is 18.7 Å². The van der Waals surface area contributed by atoms with Gasteiger partial charge in [-0.15, -0.1) is 0 Å². The van der Waals surface area contributed by atoms with Crippen LogP contribution >= 0.6 is 0 Å². The highest BCUT2D eigenvalue weighted by atomic mass is 16.6. The summed E-state index contributed by atoms with van der Waals surface area (Å²) in [5, 5.41) is 4.47. The van der Waals surface area contributed by atoms with E-state index in [9.17, 15) is 4.79 Å². The number of hydrogen-bond acceptors (Lipinski definition) is 4. The van der Waals surface area contributed by atoms with Crippen molar-refractivity contribution in [3.05, 3.63) is 78.9 Å². The lowest BCUT2D eigenvalue weighted by atomic mass is 9.93. The summed E-state index contributed by atoms with van der Waals surface area (Å²) in [5.74, 6) is 0.213. The van der Waals surface area contributed by atoms with E-state index in [-0.39, 0.29) is 0 Å². The number of esters is 1. The summed E-state index contributed by atoms with van der Waals surface area (Å²) in [6, 6.07) is 26.3. The van der Waals surface area contributed by atoms with Gasteiger partial charge in [0.15, 0.2) is 6.10 Å². The van der Waals surface area contributed by atoms with Gasteiger partial charge in [0.1, 0.15) is 16.9 Å². The molecule has 4 nitrogen and oxygen atoms in total. The SMILES string of the molecule is COC(=O)C(C)Oc1ccc(-c2c3ccccc3cc3oc4ccccc4c23)cc1. The molecule has 30 heavy (non-hydrogen) atoms. The zero-order valence-electron chi connectivity index (χ0n) is 16.7. The standard InChI is InChI=1S/C26H20O4/c1-16(26(27)28-2)29-19-13-11-17(12-14-19)24-20-8-4-3-7-18(20)15-23-25(24)21-9-5-6-10-22(21)30-23/h3-16H,1-2H3. The molecule has 0 radical (unpaired) electrons. The maximum Gasteiger partial charge on any atom is 0.346 e. The summed E-state index contributed by atoms with van der Waals surface area (Å²) >= 11 is 0. The first kappa shape index (κ1) is 18.3. The molecule has 4 heteroatoms. The van der Waals surface area contributed by atoms with Gasteiger partial charge in [-0.05, 0) is 47.5 Å². The van der Waals surface area contributed by atoms with Gasteiger partial charge >= 0.3 is 5.97 Å². The average molecular weight is 396 g/mol. The maximum atomic E-state index is 11.6. The topological polar surface area (TPSA) is 48.7 Å². The van der Waals surface area contributed by atoms with Crippen LogP contribution in [0.2, 0.25) is 0 Å². The van der Waals surface area contributed by atoms with E-state index in [0.29, 0.717) is 5.75 Å². The largest absolute Gasteiger partial charge is 0.479 e. The van der Waals surface area contributed by atoms with Crippen LogP contribution < -0.4 is 4.74 Å². The second kappa shape index (κ2) is 7.23. The van der Waals surface area contributed by atoms with Crippen LogP contribution in [-0.4, -0.2) is 19.2 Å². The fourth-order valence-corrected chi connectivity index (χ4v) is 3.97. The first-order valence-corrected chi connectivity index (χ1v) is 9.83. The Hall–Kier alpha value is -3.79. The van der Waals surface area contributed by atoms with Gasteiger partial charge in [0.05, 0.1) is 7.11 Å². The third kappa shape index (κ3) is 2.98. The highest BCUT2D eigenvalue weighted by molar-refractivity contribution is 6.20. The van der Waals surface area contributed by atoms with Crippen molar-refractivity contribution in [3.8, 4) is 16.9 Å². The number of hydrogen-bond donors (Lipinski definition) is 0. The normalized spacial score (nSPS) is 12.3. The maximum absolute atomic E-state index is 11.6. The van der Waals surface area contributed by atoms with Crippen molar-refractivity contribution in [2.45, 2.75) is 13.0 Å².